The van der Waals surface area contributed by atoms with E-state index in [1.807, 2.05) is 18.2 Å². The lowest BCUT2D eigenvalue weighted by atomic mass is 10.3. The number of carbonyl (C=O) groups is 1. The first-order valence-electron chi connectivity index (χ1n) is 5.46. The smallest absolute Gasteiger partial charge is 0.356 e. The Balaban J connectivity index is 1.85. The van der Waals surface area contributed by atoms with E-state index in [4.69, 9.17) is 5.11 Å². The molecule has 0 saturated heterocycles. The fourth-order valence-electron chi connectivity index (χ4n) is 1.41. The van der Waals surface area contributed by atoms with Crippen molar-refractivity contribution in [1.29, 1.82) is 0 Å². The third-order valence-corrected chi connectivity index (χ3v) is 2.30. The normalized spacial score (nSPS) is 10.0. The first kappa shape index (κ1) is 12.0. The molecule has 0 unspecified atom stereocenters. The molecule has 0 amide bonds. The molecule has 0 bridgehead atoms. The Labute approximate surface area is 104 Å². The predicted molar refractivity (Wildman–Crippen MR) is 65.4 cm³/mol. The molecule has 6 nitrogen and oxygen atoms in total. The molecule has 0 aliphatic carbocycles. The van der Waals surface area contributed by atoms with Gasteiger partial charge in [0.2, 0.25) is 0 Å². The molecule has 6 heteroatoms. The maximum absolute atomic E-state index is 10.6. The number of hydrogen-bond acceptors (Lipinski definition) is 5. The topological polar surface area (TPSA) is 88.0 Å². The van der Waals surface area contributed by atoms with Gasteiger partial charge in [0.25, 0.3) is 0 Å². The number of aromatic carboxylic acids is 1. The second kappa shape index (κ2) is 5.72. The van der Waals surface area contributed by atoms with Crippen molar-refractivity contribution in [2.45, 2.75) is 6.42 Å². The first-order chi connectivity index (χ1) is 8.75. The summed E-state index contributed by atoms with van der Waals surface area (Å²) in [5, 5.41) is 19.1. The van der Waals surface area contributed by atoms with Crippen LogP contribution in [-0.4, -0.2) is 32.8 Å². The van der Waals surface area contributed by atoms with E-state index < -0.39 is 5.97 Å². The molecule has 2 aromatic rings. The zero-order chi connectivity index (χ0) is 12.8. The van der Waals surface area contributed by atoms with E-state index in [0.717, 1.165) is 12.1 Å². The van der Waals surface area contributed by atoms with Crippen molar-refractivity contribution in [3.63, 3.8) is 0 Å². The van der Waals surface area contributed by atoms with E-state index in [2.05, 4.69) is 20.5 Å². The highest BCUT2D eigenvalue weighted by molar-refractivity contribution is 5.85. The Hall–Kier alpha value is -2.50. The van der Waals surface area contributed by atoms with Crippen molar-refractivity contribution in [3.8, 4) is 0 Å². The molecular formula is C12H12N4O2. The number of anilines is 1. The monoisotopic (exact) mass is 244 g/mol. The Kier molecular flexibility index (Phi) is 3.80. The molecule has 2 N–H and O–H groups in total. The van der Waals surface area contributed by atoms with Crippen LogP contribution in [0.1, 0.15) is 16.2 Å². The van der Waals surface area contributed by atoms with Crippen LogP contribution in [0.25, 0.3) is 0 Å². The molecule has 0 saturated carbocycles. The number of pyridine rings is 1. The lowest BCUT2D eigenvalue weighted by Gasteiger charge is -2.04. The number of carboxylic acids is 1. The average molecular weight is 244 g/mol. The van der Waals surface area contributed by atoms with Crippen LogP contribution in [0.3, 0.4) is 0 Å². The number of aromatic nitrogens is 3. The minimum Gasteiger partial charge on any atom is -0.476 e. The Morgan fingerprint density at radius 3 is 2.72 bits per heavy atom. The molecule has 2 rings (SSSR count). The number of nitrogens with zero attached hydrogens (tertiary/aromatic N) is 3. The molecule has 0 aromatic carbocycles. The SMILES string of the molecule is O=C(O)c1ccc(NCCc2ccccn2)nn1. The van der Waals surface area contributed by atoms with Gasteiger partial charge in [0, 0.05) is 24.9 Å². The van der Waals surface area contributed by atoms with Gasteiger partial charge in [-0.25, -0.2) is 4.79 Å². The summed E-state index contributed by atoms with van der Waals surface area (Å²) >= 11 is 0. The third kappa shape index (κ3) is 3.24. The first-order valence-corrected chi connectivity index (χ1v) is 5.46. The highest BCUT2D eigenvalue weighted by atomic mass is 16.4. The number of carboxylic acid groups (broad SMARTS) is 1. The molecule has 18 heavy (non-hydrogen) atoms. The number of hydrogen-bond donors (Lipinski definition) is 2. The van der Waals surface area contributed by atoms with Gasteiger partial charge >= 0.3 is 5.97 Å². The van der Waals surface area contributed by atoms with Gasteiger partial charge in [-0.2, -0.15) is 0 Å². The van der Waals surface area contributed by atoms with Crippen LogP contribution in [0.15, 0.2) is 36.5 Å². The molecule has 0 spiro atoms. The summed E-state index contributed by atoms with van der Waals surface area (Å²) in [4.78, 5) is 14.8. The van der Waals surface area contributed by atoms with Gasteiger partial charge in [-0.05, 0) is 24.3 Å². The van der Waals surface area contributed by atoms with Crippen molar-refractivity contribution < 1.29 is 9.90 Å². The van der Waals surface area contributed by atoms with E-state index in [1.165, 1.54) is 6.07 Å². The molecule has 0 radical (unpaired) electrons. The second-order valence-electron chi connectivity index (χ2n) is 3.61. The number of rotatable bonds is 5. The van der Waals surface area contributed by atoms with Crippen molar-refractivity contribution in [2.75, 3.05) is 11.9 Å². The summed E-state index contributed by atoms with van der Waals surface area (Å²) in [6, 6.07) is 8.75. The fraction of sp³-hybridized carbons (Fsp3) is 0.167. The summed E-state index contributed by atoms with van der Waals surface area (Å²) in [6.07, 6.45) is 2.51. The lowest BCUT2D eigenvalue weighted by molar-refractivity contribution is 0.0689. The molecule has 0 aliphatic heterocycles. The molecule has 2 aromatic heterocycles. The standard InChI is InChI=1S/C12H12N4O2/c17-12(18)10-4-5-11(16-15-10)14-8-6-9-3-1-2-7-13-9/h1-5,7H,6,8H2,(H,14,16)(H,17,18). The van der Waals surface area contributed by atoms with Crippen molar-refractivity contribution in [2.24, 2.45) is 0 Å². The van der Waals surface area contributed by atoms with E-state index in [0.29, 0.717) is 12.4 Å². The Bertz CT molecular complexity index is 513. The third-order valence-electron chi connectivity index (χ3n) is 2.30. The summed E-state index contributed by atoms with van der Waals surface area (Å²) in [6.45, 7) is 0.665. The van der Waals surface area contributed by atoms with Gasteiger partial charge in [0.15, 0.2) is 5.69 Å². The summed E-state index contributed by atoms with van der Waals surface area (Å²) in [7, 11) is 0. The zero-order valence-electron chi connectivity index (χ0n) is 9.58. The Morgan fingerprint density at radius 1 is 1.22 bits per heavy atom. The highest BCUT2D eigenvalue weighted by Crippen LogP contribution is 2.02. The minimum absolute atomic E-state index is 0.0646. The maximum Gasteiger partial charge on any atom is 0.356 e. The molecule has 0 aliphatic rings. The van der Waals surface area contributed by atoms with Gasteiger partial charge in [-0.15, -0.1) is 10.2 Å². The van der Waals surface area contributed by atoms with Crippen LogP contribution in [0.2, 0.25) is 0 Å². The van der Waals surface area contributed by atoms with Gasteiger partial charge in [0.05, 0.1) is 0 Å². The van der Waals surface area contributed by atoms with E-state index in [1.54, 1.807) is 12.3 Å². The van der Waals surface area contributed by atoms with Crippen LogP contribution in [0.5, 0.6) is 0 Å². The average Bonchev–Trinajstić information content (AvgIpc) is 2.40. The van der Waals surface area contributed by atoms with Crippen molar-refractivity contribution >= 4 is 11.8 Å². The zero-order valence-corrected chi connectivity index (χ0v) is 9.58. The van der Waals surface area contributed by atoms with Crippen LogP contribution < -0.4 is 5.32 Å². The lowest BCUT2D eigenvalue weighted by Crippen LogP contribution is -2.09. The van der Waals surface area contributed by atoms with E-state index in [-0.39, 0.29) is 5.69 Å². The summed E-state index contributed by atoms with van der Waals surface area (Å²) in [5.74, 6) is -0.529. The van der Waals surface area contributed by atoms with Crippen molar-refractivity contribution in [1.82, 2.24) is 15.2 Å². The quantitative estimate of drug-likeness (QED) is 0.822. The van der Waals surface area contributed by atoms with Crippen molar-refractivity contribution in [3.05, 3.63) is 47.9 Å². The maximum atomic E-state index is 10.6. The molecular weight excluding hydrogens is 232 g/mol. The van der Waals surface area contributed by atoms with E-state index >= 15 is 0 Å². The van der Waals surface area contributed by atoms with Gasteiger partial charge < -0.3 is 10.4 Å². The number of nitrogens with one attached hydrogen (secondary N) is 1. The molecule has 2 heterocycles. The predicted octanol–water partition coefficient (Wildman–Crippen LogP) is 1.22. The fourth-order valence-corrected chi connectivity index (χ4v) is 1.41. The highest BCUT2D eigenvalue weighted by Gasteiger charge is 2.04. The molecule has 0 atom stereocenters. The summed E-state index contributed by atoms with van der Waals surface area (Å²) < 4.78 is 0. The Morgan fingerprint density at radius 2 is 2.11 bits per heavy atom. The van der Waals surface area contributed by atoms with Crippen LogP contribution in [0.4, 0.5) is 5.82 Å². The van der Waals surface area contributed by atoms with Crippen LogP contribution >= 0.6 is 0 Å². The second-order valence-corrected chi connectivity index (χ2v) is 3.61. The largest absolute Gasteiger partial charge is 0.476 e. The van der Waals surface area contributed by atoms with E-state index in [9.17, 15) is 4.79 Å². The van der Waals surface area contributed by atoms with Gasteiger partial charge in [-0.1, -0.05) is 6.07 Å². The summed E-state index contributed by atoms with van der Waals surface area (Å²) in [5.41, 5.74) is 0.922. The minimum atomic E-state index is -1.08. The molecule has 0 fully saturated rings. The van der Waals surface area contributed by atoms with Crippen LogP contribution in [-0.2, 0) is 6.42 Å². The van der Waals surface area contributed by atoms with Crippen LogP contribution in [0, 0.1) is 0 Å². The van der Waals surface area contributed by atoms with Gasteiger partial charge in [0.1, 0.15) is 5.82 Å². The molecule has 92 valence electrons. The van der Waals surface area contributed by atoms with Gasteiger partial charge in [-0.3, -0.25) is 4.98 Å².